The highest BCUT2D eigenvalue weighted by molar-refractivity contribution is 6.05. The lowest BCUT2D eigenvalue weighted by molar-refractivity contribution is 0.0600. The van der Waals surface area contributed by atoms with Crippen molar-refractivity contribution >= 4 is 17.6 Å². The first kappa shape index (κ1) is 20.1. The van der Waals surface area contributed by atoms with E-state index in [1.807, 2.05) is 36.7 Å². The van der Waals surface area contributed by atoms with Crippen molar-refractivity contribution in [2.45, 2.75) is 26.5 Å². The van der Waals surface area contributed by atoms with E-state index in [0.29, 0.717) is 29.1 Å². The van der Waals surface area contributed by atoms with Gasteiger partial charge in [0.25, 0.3) is 5.91 Å². The summed E-state index contributed by atoms with van der Waals surface area (Å²) in [5.41, 5.74) is 2.29. The molecule has 0 saturated heterocycles. The van der Waals surface area contributed by atoms with Gasteiger partial charge >= 0.3 is 5.97 Å². The summed E-state index contributed by atoms with van der Waals surface area (Å²) in [6.07, 6.45) is 5.26. The molecule has 1 N–H and O–H groups in total. The SMILES string of the molecule is COC(=O)c1ccc(OC(C)C)c(NC(=O)c2ccc(Cn3ccnc3)cc2)c1. The van der Waals surface area contributed by atoms with Crippen LogP contribution in [0.25, 0.3) is 0 Å². The number of anilines is 1. The topological polar surface area (TPSA) is 82.5 Å². The number of esters is 1. The molecular formula is C22H23N3O4. The van der Waals surface area contributed by atoms with Gasteiger partial charge in [-0.2, -0.15) is 0 Å². The minimum Gasteiger partial charge on any atom is -0.489 e. The van der Waals surface area contributed by atoms with E-state index in [4.69, 9.17) is 9.47 Å². The molecule has 3 rings (SSSR count). The number of aromatic nitrogens is 2. The fraction of sp³-hybridized carbons (Fsp3) is 0.227. The minimum absolute atomic E-state index is 0.0860. The van der Waals surface area contributed by atoms with Gasteiger partial charge in [0.15, 0.2) is 0 Å². The molecule has 150 valence electrons. The van der Waals surface area contributed by atoms with Crippen LogP contribution in [0.5, 0.6) is 5.75 Å². The highest BCUT2D eigenvalue weighted by Gasteiger charge is 2.15. The number of ether oxygens (including phenoxy) is 2. The summed E-state index contributed by atoms with van der Waals surface area (Å²) in [6, 6.07) is 12.1. The second kappa shape index (κ2) is 9.05. The number of carbonyl (C=O) groups is 2. The highest BCUT2D eigenvalue weighted by Crippen LogP contribution is 2.28. The Morgan fingerprint density at radius 2 is 1.83 bits per heavy atom. The second-order valence-corrected chi connectivity index (χ2v) is 6.76. The van der Waals surface area contributed by atoms with Crippen molar-refractivity contribution in [1.29, 1.82) is 0 Å². The molecule has 0 spiro atoms. The lowest BCUT2D eigenvalue weighted by Gasteiger charge is -2.16. The molecule has 7 heteroatoms. The lowest BCUT2D eigenvalue weighted by Crippen LogP contribution is -2.15. The number of nitrogens with zero attached hydrogens (tertiary/aromatic N) is 2. The molecule has 0 radical (unpaired) electrons. The molecular weight excluding hydrogens is 370 g/mol. The molecule has 1 heterocycles. The van der Waals surface area contributed by atoms with Crippen LogP contribution in [0, 0.1) is 0 Å². The predicted molar refractivity (Wildman–Crippen MR) is 109 cm³/mol. The summed E-state index contributed by atoms with van der Waals surface area (Å²) in [5.74, 6) is -0.298. The molecule has 7 nitrogen and oxygen atoms in total. The van der Waals surface area contributed by atoms with Crippen molar-refractivity contribution < 1.29 is 19.1 Å². The van der Waals surface area contributed by atoms with Crippen molar-refractivity contribution in [2.75, 3.05) is 12.4 Å². The normalized spacial score (nSPS) is 10.6. The van der Waals surface area contributed by atoms with Gasteiger partial charge in [0, 0.05) is 24.5 Å². The molecule has 0 saturated carbocycles. The largest absolute Gasteiger partial charge is 0.489 e. The van der Waals surface area contributed by atoms with E-state index in [0.717, 1.165) is 5.56 Å². The fourth-order valence-electron chi connectivity index (χ4n) is 2.78. The number of benzene rings is 2. The summed E-state index contributed by atoms with van der Waals surface area (Å²) in [5, 5.41) is 2.83. The lowest BCUT2D eigenvalue weighted by atomic mass is 10.1. The van der Waals surface area contributed by atoms with E-state index < -0.39 is 5.97 Å². The van der Waals surface area contributed by atoms with Gasteiger partial charge in [0.2, 0.25) is 0 Å². The standard InChI is InChI=1S/C22H23N3O4/c1-15(2)29-20-9-8-18(22(27)28-3)12-19(20)24-21(26)17-6-4-16(5-7-17)13-25-11-10-23-14-25/h4-12,14-15H,13H2,1-3H3,(H,24,26). The van der Waals surface area contributed by atoms with Gasteiger partial charge in [-0.1, -0.05) is 12.1 Å². The van der Waals surface area contributed by atoms with Crippen molar-refractivity contribution in [3.8, 4) is 5.75 Å². The van der Waals surface area contributed by atoms with Crippen LogP contribution in [-0.4, -0.2) is 34.6 Å². The van der Waals surface area contributed by atoms with Gasteiger partial charge in [-0.25, -0.2) is 9.78 Å². The Morgan fingerprint density at radius 3 is 2.45 bits per heavy atom. The Bertz CT molecular complexity index is 980. The molecule has 2 aromatic carbocycles. The van der Waals surface area contributed by atoms with Crippen LogP contribution in [0.4, 0.5) is 5.69 Å². The van der Waals surface area contributed by atoms with Crippen LogP contribution in [-0.2, 0) is 11.3 Å². The quantitative estimate of drug-likeness (QED) is 0.618. The number of hydrogen-bond acceptors (Lipinski definition) is 5. The minimum atomic E-state index is -0.486. The zero-order valence-electron chi connectivity index (χ0n) is 16.6. The number of carbonyl (C=O) groups excluding carboxylic acids is 2. The van der Waals surface area contributed by atoms with Gasteiger partial charge < -0.3 is 19.4 Å². The van der Waals surface area contributed by atoms with E-state index in [1.54, 1.807) is 42.9 Å². The van der Waals surface area contributed by atoms with E-state index in [1.165, 1.54) is 7.11 Å². The Balaban J connectivity index is 1.78. The summed E-state index contributed by atoms with van der Waals surface area (Å²) in [4.78, 5) is 28.6. The van der Waals surface area contributed by atoms with Crippen LogP contribution in [0.1, 0.15) is 40.1 Å². The van der Waals surface area contributed by atoms with Crippen molar-refractivity contribution in [1.82, 2.24) is 9.55 Å². The van der Waals surface area contributed by atoms with Crippen molar-refractivity contribution in [3.05, 3.63) is 77.9 Å². The Labute approximate surface area is 169 Å². The molecule has 0 aliphatic rings. The molecule has 3 aromatic rings. The van der Waals surface area contributed by atoms with Crippen LogP contribution in [0.2, 0.25) is 0 Å². The van der Waals surface area contributed by atoms with Gasteiger partial charge in [0.05, 0.1) is 30.8 Å². The number of methoxy groups -OCH3 is 1. The molecule has 1 aromatic heterocycles. The number of rotatable bonds is 7. The molecule has 1 amide bonds. The number of imidazole rings is 1. The average molecular weight is 393 g/mol. The van der Waals surface area contributed by atoms with Gasteiger partial charge in [-0.15, -0.1) is 0 Å². The first-order valence-corrected chi connectivity index (χ1v) is 9.21. The van der Waals surface area contributed by atoms with Crippen LogP contribution in [0.3, 0.4) is 0 Å². The molecule has 0 bridgehead atoms. The molecule has 0 fully saturated rings. The Hall–Kier alpha value is -3.61. The van der Waals surface area contributed by atoms with Crippen LogP contribution >= 0.6 is 0 Å². The highest BCUT2D eigenvalue weighted by atomic mass is 16.5. The molecule has 29 heavy (non-hydrogen) atoms. The van der Waals surface area contributed by atoms with Crippen LogP contribution in [0.15, 0.2) is 61.2 Å². The van der Waals surface area contributed by atoms with Crippen molar-refractivity contribution in [2.24, 2.45) is 0 Å². The van der Waals surface area contributed by atoms with Crippen molar-refractivity contribution in [3.63, 3.8) is 0 Å². The predicted octanol–water partition coefficient (Wildman–Crippen LogP) is 3.76. The fourth-order valence-corrected chi connectivity index (χ4v) is 2.78. The summed E-state index contributed by atoms with van der Waals surface area (Å²) in [6.45, 7) is 4.45. The smallest absolute Gasteiger partial charge is 0.337 e. The molecule has 0 aliphatic heterocycles. The Morgan fingerprint density at radius 1 is 1.10 bits per heavy atom. The first-order chi connectivity index (χ1) is 14.0. The molecule has 0 aliphatic carbocycles. The van der Waals surface area contributed by atoms with Gasteiger partial charge in [-0.05, 0) is 49.7 Å². The zero-order valence-corrected chi connectivity index (χ0v) is 16.6. The Kier molecular flexibility index (Phi) is 6.29. The van der Waals surface area contributed by atoms with E-state index in [2.05, 4.69) is 10.3 Å². The third-order valence-corrected chi connectivity index (χ3v) is 4.15. The second-order valence-electron chi connectivity index (χ2n) is 6.76. The number of hydrogen-bond donors (Lipinski definition) is 1. The summed E-state index contributed by atoms with van der Waals surface area (Å²) in [7, 11) is 1.31. The van der Waals surface area contributed by atoms with Gasteiger partial charge in [0.1, 0.15) is 5.75 Å². The van der Waals surface area contributed by atoms with E-state index in [9.17, 15) is 9.59 Å². The van der Waals surface area contributed by atoms with E-state index >= 15 is 0 Å². The summed E-state index contributed by atoms with van der Waals surface area (Å²) < 4.78 is 12.5. The maximum Gasteiger partial charge on any atom is 0.337 e. The maximum absolute atomic E-state index is 12.7. The van der Waals surface area contributed by atoms with Crippen LogP contribution < -0.4 is 10.1 Å². The maximum atomic E-state index is 12.7. The van der Waals surface area contributed by atoms with E-state index in [-0.39, 0.29) is 12.0 Å². The number of amides is 1. The first-order valence-electron chi connectivity index (χ1n) is 9.21. The third-order valence-electron chi connectivity index (χ3n) is 4.15. The zero-order chi connectivity index (χ0) is 20.8. The molecule has 0 atom stereocenters. The average Bonchev–Trinajstić information content (AvgIpc) is 3.22. The third kappa shape index (κ3) is 5.22. The monoisotopic (exact) mass is 393 g/mol. The molecule has 0 unspecified atom stereocenters. The van der Waals surface area contributed by atoms with Gasteiger partial charge in [-0.3, -0.25) is 4.79 Å². The number of nitrogens with one attached hydrogen (secondary N) is 1. The summed E-state index contributed by atoms with van der Waals surface area (Å²) >= 11 is 0.